The molecular weight excluding hydrogens is 228 g/mol. The van der Waals surface area contributed by atoms with Gasteiger partial charge in [0.1, 0.15) is 10.7 Å². The molecule has 0 N–H and O–H groups in total. The van der Waals surface area contributed by atoms with Gasteiger partial charge in [-0.05, 0) is 17.7 Å². The SMILES string of the molecule is O=[SH](=O)Cc1[c]cccc1Br. The number of halogens is 1. The van der Waals surface area contributed by atoms with E-state index in [-0.39, 0.29) is 5.75 Å². The van der Waals surface area contributed by atoms with Gasteiger partial charge in [-0.1, -0.05) is 28.1 Å². The zero-order chi connectivity index (χ0) is 8.27. The highest BCUT2D eigenvalue weighted by atomic mass is 79.9. The Kier molecular flexibility index (Phi) is 3.08. The van der Waals surface area contributed by atoms with Crippen LogP contribution in [0.4, 0.5) is 0 Å². The van der Waals surface area contributed by atoms with Gasteiger partial charge in [-0.25, -0.2) is 8.42 Å². The molecule has 1 radical (unpaired) electrons. The van der Waals surface area contributed by atoms with E-state index >= 15 is 0 Å². The van der Waals surface area contributed by atoms with Crippen LogP contribution in [0.3, 0.4) is 0 Å². The lowest BCUT2D eigenvalue weighted by atomic mass is 10.2. The van der Waals surface area contributed by atoms with Crippen molar-refractivity contribution in [2.45, 2.75) is 5.75 Å². The zero-order valence-electron chi connectivity index (χ0n) is 5.58. The maximum absolute atomic E-state index is 10.3. The van der Waals surface area contributed by atoms with E-state index in [2.05, 4.69) is 22.0 Å². The molecule has 0 aliphatic heterocycles. The Hall–Kier alpha value is -0.350. The smallest absolute Gasteiger partial charge is 0.144 e. The summed E-state index contributed by atoms with van der Waals surface area (Å²) in [5.41, 5.74) is 0.684. The maximum Gasteiger partial charge on any atom is 0.144 e. The van der Waals surface area contributed by atoms with Crippen LogP contribution in [0, 0.1) is 6.07 Å². The molecule has 0 heterocycles. The number of benzene rings is 1. The Morgan fingerprint density at radius 1 is 1.55 bits per heavy atom. The van der Waals surface area contributed by atoms with Crippen molar-refractivity contribution in [1.29, 1.82) is 0 Å². The van der Waals surface area contributed by atoms with Crippen molar-refractivity contribution in [2.75, 3.05) is 0 Å². The Balaban J connectivity index is 2.94. The third-order valence-electron chi connectivity index (χ3n) is 1.17. The third-order valence-corrected chi connectivity index (χ3v) is 2.49. The minimum absolute atomic E-state index is 0.0523. The molecule has 0 aliphatic rings. The topological polar surface area (TPSA) is 34.1 Å². The molecule has 0 fully saturated rings. The van der Waals surface area contributed by atoms with Crippen molar-refractivity contribution in [2.24, 2.45) is 0 Å². The molecular formula is C7H6BrO2S. The molecule has 2 nitrogen and oxygen atoms in total. The average molecular weight is 234 g/mol. The monoisotopic (exact) mass is 233 g/mol. The van der Waals surface area contributed by atoms with Crippen molar-refractivity contribution in [1.82, 2.24) is 0 Å². The van der Waals surface area contributed by atoms with Crippen LogP contribution in [0.1, 0.15) is 5.56 Å². The molecule has 0 spiro atoms. The summed E-state index contributed by atoms with van der Waals surface area (Å²) in [5, 5.41) is 0. The van der Waals surface area contributed by atoms with E-state index in [0.29, 0.717) is 5.56 Å². The molecule has 0 bridgehead atoms. The molecule has 0 amide bonds. The fraction of sp³-hybridized carbons (Fsp3) is 0.143. The van der Waals surface area contributed by atoms with Gasteiger partial charge in [0.15, 0.2) is 0 Å². The van der Waals surface area contributed by atoms with Gasteiger partial charge in [-0.2, -0.15) is 0 Å². The highest BCUT2D eigenvalue weighted by Crippen LogP contribution is 2.15. The first-order valence-corrected chi connectivity index (χ1v) is 5.12. The molecule has 0 aliphatic carbocycles. The molecule has 59 valence electrons. The van der Waals surface area contributed by atoms with E-state index in [9.17, 15) is 8.42 Å². The van der Waals surface area contributed by atoms with Crippen LogP contribution in [0.15, 0.2) is 22.7 Å². The second kappa shape index (κ2) is 3.88. The number of hydrogen-bond donors (Lipinski definition) is 1. The lowest BCUT2D eigenvalue weighted by molar-refractivity contribution is 0.614. The number of hydrogen-bond acceptors (Lipinski definition) is 2. The van der Waals surface area contributed by atoms with Crippen LogP contribution >= 0.6 is 15.9 Å². The first kappa shape index (κ1) is 8.74. The van der Waals surface area contributed by atoms with E-state index in [1.165, 1.54) is 0 Å². The highest BCUT2D eigenvalue weighted by Gasteiger charge is 1.98. The fourth-order valence-corrected chi connectivity index (χ4v) is 1.84. The van der Waals surface area contributed by atoms with E-state index in [1.807, 2.05) is 0 Å². The van der Waals surface area contributed by atoms with Gasteiger partial charge < -0.3 is 0 Å². The molecule has 1 rings (SSSR count). The maximum atomic E-state index is 10.3. The lowest BCUT2D eigenvalue weighted by Crippen LogP contribution is -1.87. The van der Waals surface area contributed by atoms with Crippen molar-refractivity contribution < 1.29 is 8.42 Å². The predicted molar refractivity (Wildman–Crippen MR) is 47.0 cm³/mol. The van der Waals surface area contributed by atoms with Gasteiger partial charge in [-0.15, -0.1) is 0 Å². The van der Waals surface area contributed by atoms with Crippen LogP contribution in [0.25, 0.3) is 0 Å². The van der Waals surface area contributed by atoms with Gasteiger partial charge in [-0.3, -0.25) is 0 Å². The van der Waals surface area contributed by atoms with Crippen molar-refractivity contribution in [3.63, 3.8) is 0 Å². The minimum atomic E-state index is -2.35. The highest BCUT2D eigenvalue weighted by molar-refractivity contribution is 9.10. The molecule has 0 unspecified atom stereocenters. The van der Waals surface area contributed by atoms with Gasteiger partial charge in [0.05, 0.1) is 5.75 Å². The van der Waals surface area contributed by atoms with E-state index < -0.39 is 10.7 Å². The second-order valence-corrected chi connectivity index (χ2v) is 3.82. The van der Waals surface area contributed by atoms with Crippen molar-refractivity contribution >= 4 is 26.6 Å². The molecule has 4 heteroatoms. The Labute approximate surface area is 75.3 Å². The number of thiol groups is 1. The largest absolute Gasteiger partial charge is 0.232 e. The summed E-state index contributed by atoms with van der Waals surface area (Å²) in [7, 11) is -2.35. The predicted octanol–water partition coefficient (Wildman–Crippen LogP) is 1.36. The molecule has 0 aromatic heterocycles. The first-order valence-electron chi connectivity index (χ1n) is 2.97. The van der Waals surface area contributed by atoms with Gasteiger partial charge in [0.25, 0.3) is 0 Å². The quantitative estimate of drug-likeness (QED) is 0.784. The molecule has 1 aromatic rings. The second-order valence-electron chi connectivity index (χ2n) is 1.99. The first-order chi connectivity index (χ1) is 5.20. The van der Waals surface area contributed by atoms with Crippen LogP contribution < -0.4 is 0 Å². The molecule has 11 heavy (non-hydrogen) atoms. The normalized spacial score (nSPS) is 10.4. The van der Waals surface area contributed by atoms with Crippen LogP contribution in [0.2, 0.25) is 0 Å². The Bertz CT molecular complexity index is 312. The zero-order valence-corrected chi connectivity index (χ0v) is 8.06. The summed E-state index contributed by atoms with van der Waals surface area (Å²) in [6.45, 7) is 0. The molecule has 1 aromatic carbocycles. The fourth-order valence-electron chi connectivity index (χ4n) is 0.701. The van der Waals surface area contributed by atoms with E-state index in [4.69, 9.17) is 0 Å². The summed E-state index contributed by atoms with van der Waals surface area (Å²) >= 11 is 3.23. The van der Waals surface area contributed by atoms with Gasteiger partial charge in [0.2, 0.25) is 0 Å². The van der Waals surface area contributed by atoms with Crippen LogP contribution in [0.5, 0.6) is 0 Å². The summed E-state index contributed by atoms with van der Waals surface area (Å²) in [4.78, 5) is 0. The van der Waals surface area contributed by atoms with Crippen molar-refractivity contribution in [3.8, 4) is 0 Å². The van der Waals surface area contributed by atoms with Crippen LogP contribution in [-0.2, 0) is 16.5 Å². The van der Waals surface area contributed by atoms with E-state index in [0.717, 1.165) is 4.47 Å². The third kappa shape index (κ3) is 2.63. The molecule has 0 atom stereocenters. The lowest BCUT2D eigenvalue weighted by Gasteiger charge is -1.95. The Morgan fingerprint density at radius 3 is 2.82 bits per heavy atom. The average Bonchev–Trinajstić information content (AvgIpc) is 1.93. The van der Waals surface area contributed by atoms with E-state index in [1.54, 1.807) is 18.2 Å². The van der Waals surface area contributed by atoms with Crippen LogP contribution in [-0.4, -0.2) is 8.42 Å². The Morgan fingerprint density at radius 2 is 2.27 bits per heavy atom. The summed E-state index contributed by atoms with van der Waals surface area (Å²) in [6.07, 6.45) is 0. The number of rotatable bonds is 2. The molecule has 0 saturated carbocycles. The standard InChI is InChI=1S/C7H6BrO2S/c8-7-4-2-1-3-6(7)5-11(9)10/h1-2,4,11H,5H2. The van der Waals surface area contributed by atoms with Gasteiger partial charge in [0, 0.05) is 4.47 Å². The summed E-state index contributed by atoms with van der Waals surface area (Å²) in [5.74, 6) is 0.0523. The molecule has 0 saturated heterocycles. The van der Waals surface area contributed by atoms with Gasteiger partial charge >= 0.3 is 0 Å². The summed E-state index contributed by atoms with van der Waals surface area (Å²) in [6, 6.07) is 8.12. The summed E-state index contributed by atoms with van der Waals surface area (Å²) < 4.78 is 21.4. The van der Waals surface area contributed by atoms with Crippen molar-refractivity contribution in [3.05, 3.63) is 34.3 Å². The minimum Gasteiger partial charge on any atom is -0.232 e.